The van der Waals surface area contributed by atoms with Crippen LogP contribution in [0, 0.1) is 6.92 Å². The van der Waals surface area contributed by atoms with Gasteiger partial charge in [-0.2, -0.15) is 0 Å². The van der Waals surface area contributed by atoms with Gasteiger partial charge >= 0.3 is 5.97 Å². The van der Waals surface area contributed by atoms with Crippen molar-refractivity contribution in [1.29, 1.82) is 0 Å². The Morgan fingerprint density at radius 3 is 2.80 bits per heavy atom. The average Bonchev–Trinajstić information content (AvgIpc) is 3.08. The molecule has 1 aromatic carbocycles. The number of nitrogens with one attached hydrogen (secondary N) is 1. The molecular weight excluding hydrogens is 358 g/mol. The number of hydrogen-bond donors (Lipinski definition) is 1. The van der Waals surface area contributed by atoms with E-state index in [-0.39, 0.29) is 11.7 Å². The average molecular weight is 380 g/mol. The first-order valence-corrected chi connectivity index (χ1v) is 9.78. The van der Waals surface area contributed by atoms with Crippen LogP contribution in [0.4, 0.5) is 5.69 Å². The molecule has 0 aliphatic carbocycles. The van der Waals surface area contributed by atoms with E-state index in [1.54, 1.807) is 24.3 Å². The summed E-state index contributed by atoms with van der Waals surface area (Å²) in [4.78, 5) is 25.3. The maximum absolute atomic E-state index is 12.2. The zero-order chi connectivity index (χ0) is 18.2. The summed E-state index contributed by atoms with van der Waals surface area (Å²) in [5, 5.41) is 4.74. The summed E-state index contributed by atoms with van der Waals surface area (Å²) in [5.74, 6) is 0.738. The van der Waals surface area contributed by atoms with Gasteiger partial charge in [-0.3, -0.25) is 9.59 Å². The molecule has 7 heteroatoms. The van der Waals surface area contributed by atoms with Crippen LogP contribution in [-0.2, 0) is 20.1 Å². The molecule has 0 aliphatic rings. The predicted octanol–water partition coefficient (Wildman–Crippen LogP) is 3.87. The van der Waals surface area contributed by atoms with Crippen LogP contribution in [0.15, 0.2) is 35.7 Å². The summed E-state index contributed by atoms with van der Waals surface area (Å²) < 4.78 is 10.4. The van der Waals surface area contributed by atoms with E-state index in [9.17, 15) is 9.59 Å². The molecule has 0 unspecified atom stereocenters. The summed E-state index contributed by atoms with van der Waals surface area (Å²) in [6, 6.07) is 9.48. The third-order valence-electron chi connectivity index (χ3n) is 3.33. The number of carbonyl (C=O) groups excluding carboxylic acids is 2. The van der Waals surface area contributed by atoms with E-state index < -0.39 is 12.1 Å². The number of anilines is 1. The molecule has 1 aromatic heterocycles. The van der Waals surface area contributed by atoms with E-state index in [2.05, 4.69) is 5.32 Å². The molecule has 1 atom stereocenters. The maximum Gasteiger partial charge on any atom is 0.316 e. The van der Waals surface area contributed by atoms with E-state index in [1.807, 2.05) is 36.6 Å². The molecule has 25 heavy (non-hydrogen) atoms. The van der Waals surface area contributed by atoms with E-state index in [1.165, 1.54) is 23.7 Å². The zero-order valence-electron chi connectivity index (χ0n) is 14.4. The van der Waals surface area contributed by atoms with Gasteiger partial charge in [-0.15, -0.1) is 23.1 Å². The minimum absolute atomic E-state index is 0.212. The van der Waals surface area contributed by atoms with Crippen LogP contribution in [0.2, 0.25) is 0 Å². The lowest BCUT2D eigenvalue weighted by Crippen LogP contribution is -2.30. The van der Waals surface area contributed by atoms with Crippen molar-refractivity contribution in [3.8, 4) is 5.75 Å². The van der Waals surface area contributed by atoms with Gasteiger partial charge in [0.2, 0.25) is 0 Å². The molecular formula is C18H21NO4S2. The van der Waals surface area contributed by atoms with E-state index in [0.717, 1.165) is 11.3 Å². The molecule has 134 valence electrons. The molecule has 0 saturated heterocycles. The monoisotopic (exact) mass is 379 g/mol. The molecule has 2 rings (SSSR count). The highest BCUT2D eigenvalue weighted by Crippen LogP contribution is 2.25. The standard InChI is InChI=1S/C18H21NO4S2/c1-12-6-7-16(22-3)15(9-12)19-18(21)13(2)23-17(20)11-24-10-14-5-4-8-25-14/h4-9,13H,10-11H2,1-3H3,(H,19,21)/t13-/m1/s1. The number of aryl methyl sites for hydroxylation is 1. The Morgan fingerprint density at radius 1 is 1.32 bits per heavy atom. The summed E-state index contributed by atoms with van der Waals surface area (Å²) in [5.41, 5.74) is 1.55. The molecule has 2 aromatic rings. The molecule has 0 spiro atoms. The minimum atomic E-state index is -0.875. The van der Waals surface area contributed by atoms with Gasteiger partial charge in [0, 0.05) is 10.6 Å². The molecule has 1 amide bonds. The second-order valence-electron chi connectivity index (χ2n) is 5.40. The zero-order valence-corrected chi connectivity index (χ0v) is 16.0. The number of thiophene rings is 1. The van der Waals surface area contributed by atoms with Crippen LogP contribution in [-0.4, -0.2) is 30.8 Å². The van der Waals surface area contributed by atoms with Crippen molar-refractivity contribution < 1.29 is 19.1 Å². The number of carbonyl (C=O) groups is 2. The van der Waals surface area contributed by atoms with Gasteiger partial charge < -0.3 is 14.8 Å². The van der Waals surface area contributed by atoms with Crippen LogP contribution in [0.5, 0.6) is 5.75 Å². The molecule has 0 aliphatic heterocycles. The second kappa shape index (κ2) is 9.48. The fourth-order valence-corrected chi connectivity index (χ4v) is 3.71. The van der Waals surface area contributed by atoms with Crippen molar-refractivity contribution in [3.63, 3.8) is 0 Å². The first-order valence-electron chi connectivity index (χ1n) is 7.74. The molecule has 0 fully saturated rings. The molecule has 0 bridgehead atoms. The van der Waals surface area contributed by atoms with Crippen molar-refractivity contribution in [1.82, 2.24) is 0 Å². The number of methoxy groups -OCH3 is 1. The van der Waals surface area contributed by atoms with Gasteiger partial charge in [0.15, 0.2) is 6.10 Å². The number of esters is 1. The fourth-order valence-electron chi connectivity index (χ4n) is 2.07. The number of hydrogen-bond acceptors (Lipinski definition) is 6. The second-order valence-corrected chi connectivity index (χ2v) is 7.42. The van der Waals surface area contributed by atoms with Crippen LogP contribution in [0.25, 0.3) is 0 Å². The topological polar surface area (TPSA) is 64.6 Å². The Hall–Kier alpha value is -1.99. The summed E-state index contributed by atoms with van der Waals surface area (Å²) in [7, 11) is 1.54. The lowest BCUT2D eigenvalue weighted by Gasteiger charge is -2.15. The van der Waals surface area contributed by atoms with Gasteiger partial charge in [0.05, 0.1) is 18.6 Å². The van der Waals surface area contributed by atoms with Gasteiger partial charge in [0.1, 0.15) is 5.75 Å². The quantitative estimate of drug-likeness (QED) is 0.706. The van der Waals surface area contributed by atoms with Gasteiger partial charge in [0.25, 0.3) is 5.91 Å². The third kappa shape index (κ3) is 6.10. The van der Waals surface area contributed by atoms with Crippen LogP contribution < -0.4 is 10.1 Å². The summed E-state index contributed by atoms with van der Waals surface area (Å²) in [6.07, 6.45) is -0.875. The van der Waals surface area contributed by atoms with Gasteiger partial charge in [-0.1, -0.05) is 12.1 Å². The molecule has 5 nitrogen and oxygen atoms in total. The van der Waals surface area contributed by atoms with Crippen molar-refractivity contribution in [2.45, 2.75) is 25.7 Å². The summed E-state index contributed by atoms with van der Waals surface area (Å²) >= 11 is 3.12. The highest BCUT2D eigenvalue weighted by molar-refractivity contribution is 7.99. The predicted molar refractivity (Wildman–Crippen MR) is 102 cm³/mol. The first-order chi connectivity index (χ1) is 12.0. The number of ether oxygens (including phenoxy) is 2. The lowest BCUT2D eigenvalue weighted by molar-refractivity contribution is -0.150. The Labute approximate surface area is 155 Å². The third-order valence-corrected chi connectivity index (χ3v) is 5.35. The SMILES string of the molecule is COc1ccc(C)cc1NC(=O)[C@@H](C)OC(=O)CSCc1cccs1. The molecule has 0 saturated carbocycles. The lowest BCUT2D eigenvalue weighted by atomic mass is 10.2. The van der Waals surface area contributed by atoms with Crippen molar-refractivity contribution in [3.05, 3.63) is 46.2 Å². The number of benzene rings is 1. The maximum atomic E-state index is 12.2. The van der Waals surface area contributed by atoms with Crippen LogP contribution >= 0.6 is 23.1 Å². The smallest absolute Gasteiger partial charge is 0.316 e. The Balaban J connectivity index is 1.81. The number of rotatable bonds is 8. The highest BCUT2D eigenvalue weighted by Gasteiger charge is 2.19. The van der Waals surface area contributed by atoms with Crippen LogP contribution in [0.3, 0.4) is 0 Å². The van der Waals surface area contributed by atoms with Crippen LogP contribution in [0.1, 0.15) is 17.4 Å². The molecule has 0 radical (unpaired) electrons. The van der Waals surface area contributed by atoms with E-state index in [4.69, 9.17) is 9.47 Å². The Kier molecular flexibility index (Phi) is 7.33. The van der Waals surface area contributed by atoms with E-state index in [0.29, 0.717) is 11.4 Å². The Bertz CT molecular complexity index is 716. The summed E-state index contributed by atoms with van der Waals surface area (Å²) in [6.45, 7) is 3.48. The van der Waals surface area contributed by atoms with Crippen molar-refractivity contribution in [2.24, 2.45) is 0 Å². The van der Waals surface area contributed by atoms with Gasteiger partial charge in [-0.25, -0.2) is 0 Å². The Morgan fingerprint density at radius 2 is 2.12 bits per heavy atom. The van der Waals surface area contributed by atoms with Crippen molar-refractivity contribution >= 4 is 40.7 Å². The first kappa shape index (κ1) is 19.3. The number of amides is 1. The fraction of sp³-hybridized carbons (Fsp3) is 0.333. The van der Waals surface area contributed by atoms with Gasteiger partial charge in [-0.05, 0) is 43.0 Å². The molecule has 1 heterocycles. The normalized spacial score (nSPS) is 11.6. The largest absolute Gasteiger partial charge is 0.495 e. The molecule has 1 N–H and O–H groups in total. The minimum Gasteiger partial charge on any atom is -0.495 e. The number of thioether (sulfide) groups is 1. The highest BCUT2D eigenvalue weighted by atomic mass is 32.2. The van der Waals surface area contributed by atoms with Crippen molar-refractivity contribution in [2.75, 3.05) is 18.2 Å². The van der Waals surface area contributed by atoms with E-state index >= 15 is 0 Å².